The van der Waals surface area contributed by atoms with Gasteiger partial charge in [-0.2, -0.15) is 0 Å². The molecule has 0 saturated heterocycles. The van der Waals surface area contributed by atoms with Gasteiger partial charge in [-0.3, -0.25) is 0 Å². The number of rotatable bonds is 4. The molecule has 1 aliphatic rings. The third kappa shape index (κ3) is 2.57. The minimum absolute atomic E-state index is 0.186. The molecule has 0 aliphatic heterocycles. The SMILES string of the molecule is CCOC1(c2ccccc2)C=CC=CC1c1ccccc1. The van der Waals surface area contributed by atoms with Gasteiger partial charge in [0.1, 0.15) is 5.60 Å². The fourth-order valence-corrected chi connectivity index (χ4v) is 3.07. The molecule has 1 heteroatoms. The average Bonchev–Trinajstić information content (AvgIpc) is 2.57. The van der Waals surface area contributed by atoms with Crippen molar-refractivity contribution in [2.75, 3.05) is 6.61 Å². The summed E-state index contributed by atoms with van der Waals surface area (Å²) in [6, 6.07) is 21.1. The molecule has 0 bridgehead atoms. The van der Waals surface area contributed by atoms with Crippen LogP contribution in [0.2, 0.25) is 0 Å². The van der Waals surface area contributed by atoms with Gasteiger partial charge in [0.2, 0.25) is 0 Å². The van der Waals surface area contributed by atoms with Gasteiger partial charge < -0.3 is 4.74 Å². The summed E-state index contributed by atoms with van der Waals surface area (Å²) in [6.07, 6.45) is 8.61. The van der Waals surface area contributed by atoms with E-state index >= 15 is 0 Å². The molecule has 1 nitrogen and oxygen atoms in total. The summed E-state index contributed by atoms with van der Waals surface area (Å²) in [5, 5.41) is 0. The molecule has 106 valence electrons. The Morgan fingerprint density at radius 1 is 0.905 bits per heavy atom. The van der Waals surface area contributed by atoms with Gasteiger partial charge in [-0.1, -0.05) is 78.9 Å². The molecule has 0 heterocycles. The molecule has 0 aromatic heterocycles. The van der Waals surface area contributed by atoms with Crippen molar-refractivity contribution in [1.82, 2.24) is 0 Å². The van der Waals surface area contributed by atoms with Crippen LogP contribution in [0.1, 0.15) is 24.0 Å². The molecule has 0 spiro atoms. The average molecular weight is 276 g/mol. The number of allylic oxidation sites excluding steroid dienone is 2. The molecular formula is C20H20O. The largest absolute Gasteiger partial charge is 0.365 e. The monoisotopic (exact) mass is 276 g/mol. The highest BCUT2D eigenvalue weighted by atomic mass is 16.5. The lowest BCUT2D eigenvalue weighted by Crippen LogP contribution is -2.35. The van der Waals surface area contributed by atoms with Crippen LogP contribution in [0.4, 0.5) is 0 Å². The third-order valence-electron chi connectivity index (χ3n) is 3.99. The van der Waals surface area contributed by atoms with Crippen LogP contribution in [-0.2, 0) is 10.3 Å². The minimum atomic E-state index is -0.424. The highest BCUT2D eigenvalue weighted by Gasteiger charge is 2.39. The summed E-state index contributed by atoms with van der Waals surface area (Å²) in [5.74, 6) is 0.186. The molecule has 0 saturated carbocycles. The van der Waals surface area contributed by atoms with Crippen molar-refractivity contribution in [3.05, 3.63) is 96.1 Å². The second-order valence-electron chi connectivity index (χ2n) is 5.22. The van der Waals surface area contributed by atoms with Gasteiger partial charge >= 0.3 is 0 Å². The Bertz CT molecular complexity index is 627. The fourth-order valence-electron chi connectivity index (χ4n) is 3.07. The molecule has 2 unspecified atom stereocenters. The van der Waals surface area contributed by atoms with E-state index in [1.807, 2.05) is 6.07 Å². The second-order valence-corrected chi connectivity index (χ2v) is 5.22. The van der Waals surface area contributed by atoms with Crippen LogP contribution in [0.3, 0.4) is 0 Å². The molecule has 3 rings (SSSR count). The van der Waals surface area contributed by atoms with Gasteiger partial charge in [-0.05, 0) is 24.1 Å². The quantitative estimate of drug-likeness (QED) is 0.777. The van der Waals surface area contributed by atoms with Crippen LogP contribution in [0.5, 0.6) is 0 Å². The van der Waals surface area contributed by atoms with E-state index in [1.165, 1.54) is 11.1 Å². The molecule has 2 atom stereocenters. The van der Waals surface area contributed by atoms with Crippen molar-refractivity contribution in [3.63, 3.8) is 0 Å². The first-order chi connectivity index (χ1) is 10.4. The first kappa shape index (κ1) is 13.8. The zero-order valence-electron chi connectivity index (χ0n) is 12.3. The second kappa shape index (κ2) is 6.11. The predicted octanol–water partition coefficient (Wildman–Crippen LogP) is 4.83. The van der Waals surface area contributed by atoms with Gasteiger partial charge in [0, 0.05) is 12.5 Å². The van der Waals surface area contributed by atoms with Gasteiger partial charge in [0.25, 0.3) is 0 Å². The van der Waals surface area contributed by atoms with Crippen molar-refractivity contribution in [2.45, 2.75) is 18.4 Å². The number of hydrogen-bond donors (Lipinski definition) is 0. The Kier molecular flexibility index (Phi) is 4.03. The Balaban J connectivity index is 2.12. The summed E-state index contributed by atoms with van der Waals surface area (Å²) in [4.78, 5) is 0. The first-order valence-electron chi connectivity index (χ1n) is 7.47. The summed E-state index contributed by atoms with van der Waals surface area (Å²) in [7, 11) is 0. The van der Waals surface area contributed by atoms with E-state index in [2.05, 4.69) is 85.8 Å². The zero-order valence-corrected chi connectivity index (χ0v) is 12.3. The minimum Gasteiger partial charge on any atom is -0.365 e. The van der Waals surface area contributed by atoms with Crippen molar-refractivity contribution in [3.8, 4) is 0 Å². The van der Waals surface area contributed by atoms with E-state index < -0.39 is 5.60 Å². The molecule has 0 radical (unpaired) electrons. The number of hydrogen-bond acceptors (Lipinski definition) is 1. The molecule has 21 heavy (non-hydrogen) atoms. The summed E-state index contributed by atoms with van der Waals surface area (Å²) in [6.45, 7) is 2.73. The lowest BCUT2D eigenvalue weighted by atomic mass is 9.74. The van der Waals surface area contributed by atoms with E-state index in [0.717, 1.165) is 0 Å². The van der Waals surface area contributed by atoms with E-state index in [4.69, 9.17) is 4.74 Å². The van der Waals surface area contributed by atoms with Gasteiger partial charge in [0.15, 0.2) is 0 Å². The van der Waals surface area contributed by atoms with Crippen molar-refractivity contribution in [1.29, 1.82) is 0 Å². The van der Waals surface area contributed by atoms with Crippen LogP contribution in [0.25, 0.3) is 0 Å². The Morgan fingerprint density at radius 3 is 2.24 bits per heavy atom. The lowest BCUT2D eigenvalue weighted by molar-refractivity contribution is -0.0168. The highest BCUT2D eigenvalue weighted by Crippen LogP contribution is 2.44. The van der Waals surface area contributed by atoms with Crippen LogP contribution < -0.4 is 0 Å². The fraction of sp³-hybridized carbons (Fsp3) is 0.200. The summed E-state index contributed by atoms with van der Waals surface area (Å²) in [5.41, 5.74) is 2.04. The standard InChI is InChI=1S/C20H20O/c1-2-21-20(18-13-7-4-8-14-18)16-10-9-15-19(20)17-11-5-3-6-12-17/h3-16,19H,2H2,1H3. The molecule has 0 amide bonds. The Hall–Kier alpha value is -2.12. The van der Waals surface area contributed by atoms with E-state index in [-0.39, 0.29) is 5.92 Å². The molecule has 0 N–H and O–H groups in total. The lowest BCUT2D eigenvalue weighted by Gasteiger charge is -2.39. The zero-order chi connectivity index (χ0) is 14.5. The Labute approximate surface area is 126 Å². The van der Waals surface area contributed by atoms with Gasteiger partial charge in [0.05, 0.1) is 0 Å². The maximum atomic E-state index is 6.29. The smallest absolute Gasteiger partial charge is 0.122 e. The van der Waals surface area contributed by atoms with Crippen molar-refractivity contribution in [2.24, 2.45) is 0 Å². The van der Waals surface area contributed by atoms with Gasteiger partial charge in [-0.25, -0.2) is 0 Å². The molecule has 0 fully saturated rings. The van der Waals surface area contributed by atoms with Gasteiger partial charge in [-0.15, -0.1) is 0 Å². The van der Waals surface area contributed by atoms with Crippen LogP contribution >= 0.6 is 0 Å². The van der Waals surface area contributed by atoms with Crippen molar-refractivity contribution >= 4 is 0 Å². The van der Waals surface area contributed by atoms with E-state index in [1.54, 1.807) is 0 Å². The maximum Gasteiger partial charge on any atom is 0.122 e. The molecule has 2 aromatic carbocycles. The van der Waals surface area contributed by atoms with Crippen LogP contribution in [0, 0.1) is 0 Å². The topological polar surface area (TPSA) is 9.23 Å². The van der Waals surface area contributed by atoms with E-state index in [0.29, 0.717) is 6.61 Å². The highest BCUT2D eigenvalue weighted by molar-refractivity contribution is 5.42. The van der Waals surface area contributed by atoms with Crippen LogP contribution in [-0.4, -0.2) is 6.61 Å². The molecule has 2 aromatic rings. The third-order valence-corrected chi connectivity index (χ3v) is 3.99. The normalized spacial score (nSPS) is 24.1. The van der Waals surface area contributed by atoms with Crippen LogP contribution in [0.15, 0.2) is 85.0 Å². The Morgan fingerprint density at radius 2 is 1.57 bits per heavy atom. The molecule has 1 aliphatic carbocycles. The predicted molar refractivity (Wildman–Crippen MR) is 87.2 cm³/mol. The van der Waals surface area contributed by atoms with Crippen molar-refractivity contribution < 1.29 is 4.74 Å². The number of benzene rings is 2. The molecular weight excluding hydrogens is 256 g/mol. The summed E-state index contributed by atoms with van der Waals surface area (Å²) >= 11 is 0. The maximum absolute atomic E-state index is 6.29. The first-order valence-corrected chi connectivity index (χ1v) is 7.47. The van der Waals surface area contributed by atoms with E-state index in [9.17, 15) is 0 Å². The number of ether oxygens (including phenoxy) is 1. The summed E-state index contributed by atoms with van der Waals surface area (Å²) < 4.78 is 6.29.